The molecule has 0 saturated carbocycles. The van der Waals surface area contributed by atoms with Crippen molar-refractivity contribution < 1.29 is 14.3 Å². The van der Waals surface area contributed by atoms with Crippen LogP contribution < -0.4 is 10.9 Å². The van der Waals surface area contributed by atoms with Crippen molar-refractivity contribution in [3.63, 3.8) is 0 Å². The number of amides is 1. The minimum Gasteiger partial charge on any atom is -0.462 e. The minimum absolute atomic E-state index is 0.248. The number of hydrogen-bond acceptors (Lipinski definition) is 7. The lowest BCUT2D eigenvalue weighted by atomic mass is 10.0. The molecule has 0 saturated heterocycles. The lowest BCUT2D eigenvalue weighted by molar-refractivity contribution is -0.116. The number of carbonyl (C=O) groups is 2. The molecule has 9 heteroatoms. The second-order valence-corrected chi connectivity index (χ2v) is 9.62. The van der Waals surface area contributed by atoms with Crippen LogP contribution in [0.2, 0.25) is 0 Å². The van der Waals surface area contributed by atoms with Crippen molar-refractivity contribution in [3.05, 3.63) is 56.0 Å². The van der Waals surface area contributed by atoms with Gasteiger partial charge in [0.25, 0.3) is 5.56 Å². The molecule has 0 fully saturated rings. The second-order valence-electron chi connectivity index (χ2n) is 7.46. The summed E-state index contributed by atoms with van der Waals surface area (Å²) in [7, 11) is 0. The van der Waals surface area contributed by atoms with Gasteiger partial charge in [-0.25, -0.2) is 9.48 Å². The van der Waals surface area contributed by atoms with E-state index in [-0.39, 0.29) is 18.7 Å². The molecule has 3 rings (SSSR count). The third-order valence-corrected chi connectivity index (χ3v) is 6.35. The molecule has 0 radical (unpaired) electrons. The molecule has 164 valence electrons. The third kappa shape index (κ3) is 5.68. The first kappa shape index (κ1) is 22.9. The Kier molecular flexibility index (Phi) is 7.40. The molecule has 0 bridgehead atoms. The molecular weight excluding hydrogens is 434 g/mol. The Morgan fingerprint density at radius 2 is 2.00 bits per heavy atom. The van der Waals surface area contributed by atoms with Gasteiger partial charge in [0.1, 0.15) is 17.2 Å². The van der Waals surface area contributed by atoms with Crippen LogP contribution in [0.25, 0.3) is 10.6 Å². The van der Waals surface area contributed by atoms with Gasteiger partial charge in [0.2, 0.25) is 5.91 Å². The fourth-order valence-electron chi connectivity index (χ4n) is 3.07. The van der Waals surface area contributed by atoms with Crippen molar-refractivity contribution in [1.29, 1.82) is 0 Å². The largest absolute Gasteiger partial charge is 0.462 e. The van der Waals surface area contributed by atoms with E-state index in [1.54, 1.807) is 24.3 Å². The predicted octanol–water partition coefficient (Wildman–Crippen LogP) is 4.36. The first-order valence-electron chi connectivity index (χ1n) is 10.0. The fourth-order valence-corrected chi connectivity index (χ4v) is 4.88. The third-order valence-electron chi connectivity index (χ3n) is 4.38. The van der Waals surface area contributed by atoms with Crippen molar-refractivity contribution in [3.8, 4) is 10.6 Å². The Morgan fingerprint density at radius 3 is 2.65 bits per heavy atom. The number of hydrogen-bond donors (Lipinski definition) is 1. The summed E-state index contributed by atoms with van der Waals surface area (Å²) in [6.07, 6.45) is 0.698. The smallest absolute Gasteiger partial charge is 0.341 e. The minimum atomic E-state index is -0.458. The van der Waals surface area contributed by atoms with Crippen LogP contribution in [-0.4, -0.2) is 28.3 Å². The van der Waals surface area contributed by atoms with Crippen LogP contribution in [0.5, 0.6) is 0 Å². The Balaban J connectivity index is 1.82. The molecule has 0 atom stereocenters. The number of nitrogens with zero attached hydrogens (tertiary/aromatic N) is 2. The van der Waals surface area contributed by atoms with Gasteiger partial charge in [-0.15, -0.1) is 22.7 Å². The summed E-state index contributed by atoms with van der Waals surface area (Å²) in [5.41, 5.74) is 1.49. The summed E-state index contributed by atoms with van der Waals surface area (Å²) in [6.45, 7) is 7.85. The highest BCUT2D eigenvalue weighted by molar-refractivity contribution is 7.15. The van der Waals surface area contributed by atoms with Crippen LogP contribution >= 0.6 is 22.7 Å². The normalized spacial score (nSPS) is 11.0. The van der Waals surface area contributed by atoms with Gasteiger partial charge in [-0.3, -0.25) is 9.59 Å². The average molecular weight is 460 g/mol. The molecule has 0 aliphatic rings. The Hall–Kier alpha value is -2.78. The van der Waals surface area contributed by atoms with Crippen molar-refractivity contribution in [2.75, 3.05) is 11.9 Å². The average Bonchev–Trinajstić information content (AvgIpc) is 3.29. The Morgan fingerprint density at radius 1 is 1.23 bits per heavy atom. The highest BCUT2D eigenvalue weighted by Crippen LogP contribution is 2.31. The first-order valence-corrected chi connectivity index (χ1v) is 11.7. The van der Waals surface area contributed by atoms with Crippen LogP contribution in [0.1, 0.15) is 41.6 Å². The van der Waals surface area contributed by atoms with Gasteiger partial charge in [0, 0.05) is 10.9 Å². The lowest BCUT2D eigenvalue weighted by Crippen LogP contribution is -2.29. The number of carbonyl (C=O) groups excluding carboxylic acids is 2. The van der Waals surface area contributed by atoms with Gasteiger partial charge in [-0.1, -0.05) is 13.8 Å². The summed E-state index contributed by atoms with van der Waals surface area (Å²) in [6, 6.07) is 6.97. The molecule has 3 aromatic heterocycles. The lowest BCUT2D eigenvalue weighted by Gasteiger charge is -2.10. The molecule has 0 spiro atoms. The van der Waals surface area contributed by atoms with Crippen molar-refractivity contribution in [2.24, 2.45) is 5.92 Å². The molecule has 1 amide bonds. The highest BCUT2D eigenvalue weighted by Gasteiger charge is 2.22. The van der Waals surface area contributed by atoms with E-state index in [9.17, 15) is 14.4 Å². The summed E-state index contributed by atoms with van der Waals surface area (Å²) in [5.74, 6) is -0.546. The fraction of sp³-hybridized carbons (Fsp3) is 0.364. The number of thiophene rings is 2. The van der Waals surface area contributed by atoms with Crippen LogP contribution in [0.15, 0.2) is 34.4 Å². The van der Waals surface area contributed by atoms with Gasteiger partial charge >= 0.3 is 5.97 Å². The van der Waals surface area contributed by atoms with E-state index in [0.717, 1.165) is 20.0 Å². The van der Waals surface area contributed by atoms with E-state index in [4.69, 9.17) is 4.74 Å². The topological polar surface area (TPSA) is 90.3 Å². The molecule has 7 nitrogen and oxygen atoms in total. The van der Waals surface area contributed by atoms with Crippen LogP contribution in [-0.2, 0) is 22.5 Å². The van der Waals surface area contributed by atoms with E-state index in [1.807, 2.05) is 24.4 Å². The van der Waals surface area contributed by atoms with Crippen molar-refractivity contribution >= 4 is 39.6 Å². The monoisotopic (exact) mass is 459 g/mol. The molecular formula is C22H25N3O4S2. The maximum atomic E-state index is 12.7. The zero-order valence-corrected chi connectivity index (χ0v) is 19.6. The number of rotatable bonds is 8. The van der Waals surface area contributed by atoms with E-state index in [2.05, 4.69) is 24.3 Å². The van der Waals surface area contributed by atoms with Gasteiger partial charge in [-0.05, 0) is 55.3 Å². The molecule has 0 aromatic carbocycles. The Bertz CT molecular complexity index is 1140. The molecule has 0 unspecified atom stereocenters. The number of aryl methyl sites for hydroxylation is 1. The molecule has 3 heterocycles. The van der Waals surface area contributed by atoms with E-state index >= 15 is 0 Å². The first-order chi connectivity index (χ1) is 14.8. The van der Waals surface area contributed by atoms with Crippen molar-refractivity contribution in [2.45, 2.75) is 40.7 Å². The van der Waals surface area contributed by atoms with E-state index in [1.165, 1.54) is 17.4 Å². The van der Waals surface area contributed by atoms with Gasteiger partial charge in [0.15, 0.2) is 0 Å². The zero-order valence-electron chi connectivity index (χ0n) is 17.9. The predicted molar refractivity (Wildman–Crippen MR) is 124 cm³/mol. The molecule has 31 heavy (non-hydrogen) atoms. The SMILES string of the molecule is CCOC(=O)c1c(CC(C)C)csc1NC(=O)Cn1nc(-c2ccc(C)s2)ccc1=O. The number of ether oxygens (including phenoxy) is 1. The maximum absolute atomic E-state index is 12.7. The maximum Gasteiger partial charge on any atom is 0.341 e. The zero-order chi connectivity index (χ0) is 22.5. The van der Waals surface area contributed by atoms with Crippen molar-refractivity contribution in [1.82, 2.24) is 9.78 Å². The second kappa shape index (κ2) is 10.0. The highest BCUT2D eigenvalue weighted by atomic mass is 32.1. The van der Waals surface area contributed by atoms with Gasteiger partial charge in [-0.2, -0.15) is 5.10 Å². The van der Waals surface area contributed by atoms with Crippen LogP contribution in [0.4, 0.5) is 5.00 Å². The number of nitrogens with one attached hydrogen (secondary N) is 1. The number of aromatic nitrogens is 2. The van der Waals surface area contributed by atoms with E-state index in [0.29, 0.717) is 28.6 Å². The molecule has 0 aliphatic carbocycles. The molecule has 1 N–H and O–H groups in total. The standard InChI is InChI=1S/C22H25N3O4S2/c1-5-29-22(28)20-15(10-13(2)3)12-30-21(20)23-18(26)11-25-19(27)9-7-16(24-25)17-8-6-14(4)31-17/h6-9,12-13H,5,10-11H2,1-4H3,(H,23,26). The molecule has 3 aromatic rings. The summed E-state index contributed by atoms with van der Waals surface area (Å²) >= 11 is 2.85. The van der Waals surface area contributed by atoms with Crippen LogP contribution in [0.3, 0.4) is 0 Å². The quantitative estimate of drug-likeness (QED) is 0.506. The summed E-state index contributed by atoms with van der Waals surface area (Å²) in [5, 5.41) is 9.39. The Labute approximate surface area is 188 Å². The summed E-state index contributed by atoms with van der Waals surface area (Å²) < 4.78 is 6.32. The van der Waals surface area contributed by atoms with E-state index < -0.39 is 11.9 Å². The number of anilines is 1. The van der Waals surface area contributed by atoms with Gasteiger partial charge in [0.05, 0.1) is 17.0 Å². The summed E-state index contributed by atoms with van der Waals surface area (Å²) in [4.78, 5) is 39.5. The molecule has 0 aliphatic heterocycles. The number of esters is 1. The van der Waals surface area contributed by atoms with Crippen LogP contribution in [0, 0.1) is 12.8 Å². The van der Waals surface area contributed by atoms with Gasteiger partial charge < -0.3 is 10.1 Å².